The molecule has 0 atom stereocenters. The predicted octanol–water partition coefficient (Wildman–Crippen LogP) is 3.19. The molecule has 29 heavy (non-hydrogen) atoms. The Hall–Kier alpha value is -3.14. The maximum atomic E-state index is 13.0. The summed E-state index contributed by atoms with van der Waals surface area (Å²) >= 11 is 3.09. The monoisotopic (exact) mass is 466 g/mol. The van der Waals surface area contributed by atoms with E-state index in [4.69, 9.17) is 9.47 Å². The lowest BCUT2D eigenvalue weighted by Crippen LogP contribution is -2.35. The zero-order valence-corrected chi connectivity index (χ0v) is 17.6. The first kappa shape index (κ1) is 22.2. The molecule has 0 aromatic heterocycles. The second kappa shape index (κ2) is 9.87. The Morgan fingerprint density at radius 3 is 2.21 bits per heavy atom. The molecule has 0 saturated heterocycles. The van der Waals surface area contributed by atoms with Crippen LogP contribution < -0.4 is 9.47 Å². The van der Waals surface area contributed by atoms with E-state index in [0.29, 0.717) is 17.1 Å². The molecule has 154 valence electrons. The number of amides is 1. The highest BCUT2D eigenvalue weighted by Crippen LogP contribution is 2.27. The molecule has 0 aliphatic heterocycles. The van der Waals surface area contributed by atoms with Gasteiger partial charge in [0.05, 0.1) is 30.7 Å². The van der Waals surface area contributed by atoms with Gasteiger partial charge in [-0.25, -0.2) is 0 Å². The van der Waals surface area contributed by atoms with Crippen molar-refractivity contribution in [1.82, 2.24) is 4.90 Å². The molecule has 2 aromatic carbocycles. The van der Waals surface area contributed by atoms with Crippen molar-refractivity contribution in [3.05, 3.63) is 62.1 Å². The smallest absolute Gasteiger partial charge is 0.325 e. The molecule has 0 heterocycles. The van der Waals surface area contributed by atoms with E-state index < -0.39 is 16.8 Å². The number of nitrogens with zero attached hydrogens (tertiary/aromatic N) is 2. The zero-order valence-electron chi connectivity index (χ0n) is 16.0. The van der Waals surface area contributed by atoms with Gasteiger partial charge < -0.3 is 19.1 Å². The molecule has 1 amide bonds. The maximum absolute atomic E-state index is 13.0. The normalized spacial score (nSPS) is 10.2. The van der Waals surface area contributed by atoms with Gasteiger partial charge in [0, 0.05) is 24.2 Å². The van der Waals surface area contributed by atoms with Gasteiger partial charge in [0.15, 0.2) is 0 Å². The quantitative estimate of drug-likeness (QED) is 0.333. The van der Waals surface area contributed by atoms with Gasteiger partial charge in [-0.1, -0.05) is 0 Å². The van der Waals surface area contributed by atoms with Crippen LogP contribution in [0.4, 0.5) is 5.69 Å². The molecule has 0 aliphatic rings. The van der Waals surface area contributed by atoms with E-state index in [1.165, 1.54) is 38.4 Å². The van der Waals surface area contributed by atoms with Gasteiger partial charge in [0.1, 0.15) is 18.0 Å². The topological polar surface area (TPSA) is 108 Å². The van der Waals surface area contributed by atoms with E-state index in [2.05, 4.69) is 20.7 Å². The number of halogens is 1. The average Bonchev–Trinajstić information content (AvgIpc) is 2.72. The van der Waals surface area contributed by atoms with Crippen LogP contribution in [0, 0.1) is 10.1 Å². The standard InChI is InChI=1S/C19H19BrN2O7/c1-27-14-6-12(7-15(9-14)28-2)10-21(11-18(23)29-3)19(24)13-4-5-16(20)17(8-13)22(25)26/h4-9H,10-11H2,1-3H3. The molecule has 2 rings (SSSR count). The number of carbonyl (C=O) groups is 2. The number of nitro groups is 1. The SMILES string of the molecule is COC(=O)CN(Cc1cc(OC)cc(OC)c1)C(=O)c1ccc(Br)c([N+](=O)[O-])c1. The Morgan fingerprint density at radius 1 is 1.07 bits per heavy atom. The number of hydrogen-bond donors (Lipinski definition) is 0. The summed E-state index contributed by atoms with van der Waals surface area (Å²) < 4.78 is 15.4. The van der Waals surface area contributed by atoms with Crippen molar-refractivity contribution in [3.8, 4) is 11.5 Å². The van der Waals surface area contributed by atoms with E-state index in [1.54, 1.807) is 18.2 Å². The highest BCUT2D eigenvalue weighted by Gasteiger charge is 2.23. The molecule has 9 nitrogen and oxygen atoms in total. The van der Waals surface area contributed by atoms with Crippen molar-refractivity contribution in [2.24, 2.45) is 0 Å². The number of benzene rings is 2. The molecule has 0 aliphatic carbocycles. The number of rotatable bonds is 8. The van der Waals surface area contributed by atoms with Crippen molar-refractivity contribution < 1.29 is 28.7 Å². The minimum absolute atomic E-state index is 0.0331. The first-order valence-electron chi connectivity index (χ1n) is 8.31. The molecule has 0 N–H and O–H groups in total. The summed E-state index contributed by atoms with van der Waals surface area (Å²) in [5.41, 5.74) is 0.459. The number of carbonyl (C=O) groups excluding carboxylic acids is 2. The van der Waals surface area contributed by atoms with E-state index in [0.717, 1.165) is 6.07 Å². The first-order valence-corrected chi connectivity index (χ1v) is 9.10. The van der Waals surface area contributed by atoms with Gasteiger partial charge in [-0.2, -0.15) is 0 Å². The minimum Gasteiger partial charge on any atom is -0.497 e. The lowest BCUT2D eigenvalue weighted by molar-refractivity contribution is -0.385. The summed E-state index contributed by atoms with van der Waals surface area (Å²) in [6.45, 7) is -0.302. The maximum Gasteiger partial charge on any atom is 0.325 e. The predicted molar refractivity (Wildman–Crippen MR) is 107 cm³/mol. The fourth-order valence-corrected chi connectivity index (χ4v) is 2.96. The minimum atomic E-state index is -0.625. The van der Waals surface area contributed by atoms with Crippen molar-refractivity contribution in [3.63, 3.8) is 0 Å². The largest absolute Gasteiger partial charge is 0.497 e. The molecular weight excluding hydrogens is 448 g/mol. The lowest BCUT2D eigenvalue weighted by atomic mass is 10.1. The Kier molecular flexibility index (Phi) is 7.54. The third kappa shape index (κ3) is 5.67. The Morgan fingerprint density at radius 2 is 1.69 bits per heavy atom. The zero-order chi connectivity index (χ0) is 21.6. The second-order valence-electron chi connectivity index (χ2n) is 5.88. The van der Waals surface area contributed by atoms with Crippen LogP contribution in [-0.4, -0.2) is 49.6 Å². The molecular formula is C19H19BrN2O7. The summed E-state index contributed by atoms with van der Waals surface area (Å²) in [5, 5.41) is 11.2. The van der Waals surface area contributed by atoms with Crippen LogP contribution in [0.25, 0.3) is 0 Å². The summed E-state index contributed by atoms with van der Waals surface area (Å²) in [5.74, 6) is -0.152. The highest BCUT2D eigenvalue weighted by molar-refractivity contribution is 9.10. The number of hydrogen-bond acceptors (Lipinski definition) is 7. The molecule has 0 bridgehead atoms. The number of esters is 1. The van der Waals surface area contributed by atoms with Crippen molar-refractivity contribution in [2.75, 3.05) is 27.9 Å². The summed E-state index contributed by atoms with van der Waals surface area (Å²) in [7, 11) is 4.21. The van der Waals surface area contributed by atoms with Gasteiger partial charge in [-0.15, -0.1) is 0 Å². The van der Waals surface area contributed by atoms with Crippen LogP contribution in [0.15, 0.2) is 40.9 Å². The molecule has 0 spiro atoms. The highest BCUT2D eigenvalue weighted by atomic mass is 79.9. The number of nitro benzene ring substituents is 1. The van der Waals surface area contributed by atoms with Crippen molar-refractivity contribution in [1.29, 1.82) is 0 Å². The van der Waals surface area contributed by atoms with Crippen LogP contribution in [0.1, 0.15) is 15.9 Å². The number of ether oxygens (including phenoxy) is 3. The summed E-state index contributed by atoms with van der Waals surface area (Å²) in [4.78, 5) is 36.7. The molecule has 0 unspecified atom stereocenters. The lowest BCUT2D eigenvalue weighted by Gasteiger charge is -2.22. The van der Waals surface area contributed by atoms with Gasteiger partial charge in [-0.05, 0) is 45.8 Å². The third-order valence-corrected chi connectivity index (χ3v) is 4.68. The van der Waals surface area contributed by atoms with Crippen LogP contribution in [0.2, 0.25) is 0 Å². The van der Waals surface area contributed by atoms with Crippen LogP contribution in [-0.2, 0) is 16.1 Å². The van der Waals surface area contributed by atoms with E-state index >= 15 is 0 Å². The van der Waals surface area contributed by atoms with Crippen LogP contribution >= 0.6 is 15.9 Å². The molecule has 2 aromatic rings. The van der Waals surface area contributed by atoms with Crippen molar-refractivity contribution in [2.45, 2.75) is 6.54 Å². The fourth-order valence-electron chi connectivity index (χ4n) is 2.57. The summed E-state index contributed by atoms with van der Waals surface area (Å²) in [6, 6.07) is 9.08. The average molecular weight is 467 g/mol. The second-order valence-corrected chi connectivity index (χ2v) is 6.74. The Labute approximate surface area is 175 Å². The van der Waals surface area contributed by atoms with Gasteiger partial charge in [0.25, 0.3) is 11.6 Å². The third-order valence-electron chi connectivity index (χ3n) is 4.01. The van der Waals surface area contributed by atoms with E-state index in [-0.39, 0.29) is 28.8 Å². The fraction of sp³-hybridized carbons (Fsp3) is 0.263. The first-order chi connectivity index (χ1) is 13.8. The van der Waals surface area contributed by atoms with Gasteiger partial charge >= 0.3 is 5.97 Å². The Balaban J connectivity index is 2.40. The van der Waals surface area contributed by atoms with E-state index in [9.17, 15) is 19.7 Å². The van der Waals surface area contributed by atoms with Crippen LogP contribution in [0.3, 0.4) is 0 Å². The van der Waals surface area contributed by atoms with Gasteiger partial charge in [-0.3, -0.25) is 19.7 Å². The molecule has 0 fully saturated rings. The Bertz CT molecular complexity index is 911. The van der Waals surface area contributed by atoms with Gasteiger partial charge in [0.2, 0.25) is 0 Å². The number of methoxy groups -OCH3 is 3. The van der Waals surface area contributed by atoms with Crippen LogP contribution in [0.5, 0.6) is 11.5 Å². The summed E-state index contributed by atoms with van der Waals surface area (Å²) in [6.07, 6.45) is 0. The van der Waals surface area contributed by atoms with Crippen molar-refractivity contribution >= 4 is 33.5 Å². The molecule has 0 saturated carbocycles. The van der Waals surface area contributed by atoms with E-state index in [1.807, 2.05) is 0 Å². The molecule has 0 radical (unpaired) electrons. The molecule has 10 heteroatoms.